The highest BCUT2D eigenvalue weighted by atomic mass is 35.5. The Morgan fingerprint density at radius 3 is 2.47 bits per heavy atom. The largest absolute Gasteiger partial charge is 0.416 e. The highest BCUT2D eigenvalue weighted by Crippen LogP contribution is 2.34. The van der Waals surface area contributed by atoms with Crippen molar-refractivity contribution in [3.8, 4) is 0 Å². The van der Waals surface area contributed by atoms with Crippen molar-refractivity contribution in [2.75, 3.05) is 0 Å². The summed E-state index contributed by atoms with van der Waals surface area (Å²) in [6.07, 6.45) is -4.84. The number of benzene rings is 1. The van der Waals surface area contributed by atoms with Crippen molar-refractivity contribution in [1.29, 1.82) is 0 Å². The van der Waals surface area contributed by atoms with E-state index in [4.69, 9.17) is 28.9 Å². The predicted molar refractivity (Wildman–Crippen MR) is 59.0 cm³/mol. The zero-order valence-corrected chi connectivity index (χ0v) is 9.90. The zero-order chi connectivity index (χ0) is 13.2. The lowest BCUT2D eigenvalue weighted by atomic mass is 10.0. The van der Waals surface area contributed by atoms with Crippen molar-refractivity contribution in [2.45, 2.75) is 18.0 Å². The Bertz CT molecular complexity index is 434. The van der Waals surface area contributed by atoms with Gasteiger partial charge in [0, 0.05) is 5.02 Å². The molecule has 0 radical (unpaired) electrons. The molecule has 0 aliphatic heterocycles. The van der Waals surface area contributed by atoms with Crippen LogP contribution in [0.4, 0.5) is 13.2 Å². The van der Waals surface area contributed by atoms with Gasteiger partial charge in [0.2, 0.25) is 5.91 Å². The van der Waals surface area contributed by atoms with Gasteiger partial charge in [-0.1, -0.05) is 17.7 Å². The van der Waals surface area contributed by atoms with Gasteiger partial charge < -0.3 is 5.73 Å². The molecule has 0 aromatic heterocycles. The third kappa shape index (κ3) is 3.78. The molecule has 0 saturated heterocycles. The molecule has 17 heavy (non-hydrogen) atoms. The minimum atomic E-state index is -4.55. The van der Waals surface area contributed by atoms with Gasteiger partial charge >= 0.3 is 6.18 Å². The standard InChI is InChI=1S/C10H8Cl2F3NO/c11-6-2-1-5(3-8(12)9(16)17)7(4-6)10(13,14)15/h1-2,4,8H,3H2,(H2,16,17). The lowest BCUT2D eigenvalue weighted by molar-refractivity contribution is -0.138. The van der Waals surface area contributed by atoms with Gasteiger partial charge in [0.15, 0.2) is 0 Å². The Morgan fingerprint density at radius 2 is 2.00 bits per heavy atom. The Kier molecular flexibility index (Phi) is 4.27. The number of alkyl halides is 4. The molecular weight excluding hydrogens is 278 g/mol. The number of halogens is 5. The molecule has 7 heteroatoms. The van der Waals surface area contributed by atoms with Gasteiger partial charge in [0.25, 0.3) is 0 Å². The molecule has 1 amide bonds. The van der Waals surface area contributed by atoms with E-state index in [2.05, 4.69) is 0 Å². The zero-order valence-electron chi connectivity index (χ0n) is 8.39. The highest BCUT2D eigenvalue weighted by molar-refractivity contribution is 6.31. The molecule has 0 aliphatic rings. The summed E-state index contributed by atoms with van der Waals surface area (Å²) in [4.78, 5) is 10.7. The maximum Gasteiger partial charge on any atom is 0.416 e. The van der Waals surface area contributed by atoms with E-state index in [9.17, 15) is 18.0 Å². The number of hydrogen-bond donors (Lipinski definition) is 1. The summed E-state index contributed by atoms with van der Waals surface area (Å²) in [6, 6.07) is 3.28. The molecule has 0 spiro atoms. The van der Waals surface area contributed by atoms with Crippen molar-refractivity contribution < 1.29 is 18.0 Å². The van der Waals surface area contributed by atoms with E-state index in [1.165, 1.54) is 12.1 Å². The summed E-state index contributed by atoms with van der Waals surface area (Å²) in [6.45, 7) is 0. The Balaban J connectivity index is 3.11. The van der Waals surface area contributed by atoms with E-state index in [0.717, 1.165) is 6.07 Å². The number of carbonyl (C=O) groups excluding carboxylic acids is 1. The van der Waals surface area contributed by atoms with Crippen LogP contribution < -0.4 is 5.73 Å². The summed E-state index contributed by atoms with van der Waals surface area (Å²) in [5.41, 5.74) is 3.88. The highest BCUT2D eigenvalue weighted by Gasteiger charge is 2.34. The molecule has 1 rings (SSSR count). The average molecular weight is 286 g/mol. The van der Waals surface area contributed by atoms with Crippen LogP contribution in [0.3, 0.4) is 0 Å². The quantitative estimate of drug-likeness (QED) is 0.853. The van der Waals surface area contributed by atoms with Gasteiger partial charge in [-0.25, -0.2) is 0 Å². The van der Waals surface area contributed by atoms with Gasteiger partial charge in [-0.2, -0.15) is 13.2 Å². The van der Waals surface area contributed by atoms with E-state index < -0.39 is 23.0 Å². The SMILES string of the molecule is NC(=O)C(Cl)Cc1ccc(Cl)cc1C(F)(F)F. The van der Waals surface area contributed by atoms with Crippen molar-refractivity contribution in [2.24, 2.45) is 5.73 Å². The normalized spacial score (nSPS) is 13.5. The number of primary amides is 1. The lowest BCUT2D eigenvalue weighted by Gasteiger charge is -2.14. The summed E-state index contributed by atoms with van der Waals surface area (Å²) in [5.74, 6) is -0.866. The minimum Gasteiger partial charge on any atom is -0.368 e. The maximum atomic E-state index is 12.7. The van der Waals surface area contributed by atoms with E-state index in [0.29, 0.717) is 0 Å². The van der Waals surface area contributed by atoms with E-state index >= 15 is 0 Å². The molecule has 2 N–H and O–H groups in total. The molecule has 1 atom stereocenters. The second kappa shape index (κ2) is 5.14. The first-order valence-electron chi connectivity index (χ1n) is 4.51. The Hall–Kier alpha value is -0.940. The fourth-order valence-corrected chi connectivity index (χ4v) is 1.62. The fourth-order valence-electron chi connectivity index (χ4n) is 1.28. The number of nitrogens with two attached hydrogens (primary N) is 1. The molecule has 0 saturated carbocycles. The average Bonchev–Trinajstić information content (AvgIpc) is 2.18. The predicted octanol–water partition coefficient (Wildman–Crippen LogP) is 2.99. The van der Waals surface area contributed by atoms with Crippen LogP contribution in [0.2, 0.25) is 5.02 Å². The number of amides is 1. The molecule has 1 aromatic rings. The first-order valence-corrected chi connectivity index (χ1v) is 5.32. The van der Waals surface area contributed by atoms with E-state index in [1.54, 1.807) is 0 Å². The molecule has 0 heterocycles. The summed E-state index contributed by atoms with van der Waals surface area (Å²) >= 11 is 11.0. The Morgan fingerprint density at radius 1 is 1.41 bits per heavy atom. The molecule has 2 nitrogen and oxygen atoms in total. The summed E-state index contributed by atoms with van der Waals surface area (Å²) in [5, 5.41) is -1.22. The maximum absolute atomic E-state index is 12.7. The molecule has 1 aromatic carbocycles. The van der Waals surface area contributed by atoms with Crippen LogP contribution in [-0.4, -0.2) is 11.3 Å². The smallest absolute Gasteiger partial charge is 0.368 e. The number of rotatable bonds is 3. The van der Waals surface area contributed by atoms with Gasteiger partial charge in [0.1, 0.15) is 5.38 Å². The molecule has 94 valence electrons. The van der Waals surface area contributed by atoms with Crippen molar-refractivity contribution in [3.63, 3.8) is 0 Å². The van der Waals surface area contributed by atoms with E-state index in [-0.39, 0.29) is 17.0 Å². The van der Waals surface area contributed by atoms with E-state index in [1.807, 2.05) is 0 Å². The van der Waals surface area contributed by atoms with Crippen molar-refractivity contribution >= 4 is 29.1 Å². The van der Waals surface area contributed by atoms with Crippen LogP contribution in [0.1, 0.15) is 11.1 Å². The van der Waals surface area contributed by atoms with Gasteiger partial charge in [-0.05, 0) is 24.1 Å². The molecule has 0 aliphatic carbocycles. The molecule has 0 bridgehead atoms. The third-order valence-corrected chi connectivity index (χ3v) is 2.69. The number of hydrogen-bond acceptors (Lipinski definition) is 1. The van der Waals surface area contributed by atoms with Crippen LogP contribution in [0.25, 0.3) is 0 Å². The van der Waals surface area contributed by atoms with Crippen LogP contribution in [0.5, 0.6) is 0 Å². The van der Waals surface area contributed by atoms with Gasteiger partial charge in [0.05, 0.1) is 5.56 Å². The van der Waals surface area contributed by atoms with Crippen LogP contribution in [-0.2, 0) is 17.4 Å². The fraction of sp³-hybridized carbons (Fsp3) is 0.300. The van der Waals surface area contributed by atoms with Gasteiger partial charge in [-0.3, -0.25) is 4.79 Å². The summed E-state index contributed by atoms with van der Waals surface area (Å²) < 4.78 is 38.0. The second-order valence-corrected chi connectivity index (χ2v) is 4.34. The molecule has 0 fully saturated rings. The minimum absolute atomic E-state index is 0.0359. The molecule has 1 unspecified atom stereocenters. The Labute approximate surface area is 105 Å². The van der Waals surface area contributed by atoms with Crippen molar-refractivity contribution in [1.82, 2.24) is 0 Å². The topological polar surface area (TPSA) is 43.1 Å². The first kappa shape index (κ1) is 14.1. The van der Waals surface area contributed by atoms with Crippen LogP contribution >= 0.6 is 23.2 Å². The number of carbonyl (C=O) groups is 1. The lowest BCUT2D eigenvalue weighted by Crippen LogP contribution is -2.26. The molecular formula is C10H8Cl2F3NO. The monoisotopic (exact) mass is 285 g/mol. The van der Waals surface area contributed by atoms with Crippen LogP contribution in [0.15, 0.2) is 18.2 Å². The third-order valence-electron chi connectivity index (χ3n) is 2.09. The summed E-state index contributed by atoms with van der Waals surface area (Å²) in [7, 11) is 0. The second-order valence-electron chi connectivity index (χ2n) is 3.37. The van der Waals surface area contributed by atoms with Crippen molar-refractivity contribution in [3.05, 3.63) is 34.3 Å². The first-order chi connectivity index (χ1) is 7.71. The van der Waals surface area contributed by atoms with Gasteiger partial charge in [-0.15, -0.1) is 11.6 Å². The van der Waals surface area contributed by atoms with Crippen LogP contribution in [0, 0.1) is 0 Å².